The number of nitrogen functional groups attached to an aromatic ring is 1. The SMILES string of the molecule is Nc1ccccc1CN1CCc2c(F)ccc(F)c2C1=O. The molecule has 3 nitrogen and oxygen atoms in total. The molecule has 21 heavy (non-hydrogen) atoms. The molecule has 1 amide bonds. The van der Waals surface area contributed by atoms with E-state index in [4.69, 9.17) is 5.73 Å². The number of nitrogens with zero attached hydrogens (tertiary/aromatic N) is 1. The first-order chi connectivity index (χ1) is 10.1. The Balaban J connectivity index is 1.93. The van der Waals surface area contributed by atoms with E-state index in [0.717, 1.165) is 17.7 Å². The van der Waals surface area contributed by atoms with E-state index >= 15 is 0 Å². The molecule has 3 rings (SSSR count). The first-order valence-electron chi connectivity index (χ1n) is 6.67. The summed E-state index contributed by atoms with van der Waals surface area (Å²) >= 11 is 0. The van der Waals surface area contributed by atoms with E-state index in [-0.39, 0.29) is 11.1 Å². The zero-order valence-electron chi connectivity index (χ0n) is 11.3. The van der Waals surface area contributed by atoms with E-state index in [9.17, 15) is 13.6 Å². The van der Waals surface area contributed by atoms with Crippen molar-refractivity contribution in [2.24, 2.45) is 0 Å². The van der Waals surface area contributed by atoms with Crippen LogP contribution in [0.25, 0.3) is 0 Å². The van der Waals surface area contributed by atoms with Gasteiger partial charge in [-0.05, 0) is 30.2 Å². The van der Waals surface area contributed by atoms with Gasteiger partial charge in [-0.3, -0.25) is 4.79 Å². The number of amides is 1. The zero-order valence-corrected chi connectivity index (χ0v) is 11.3. The van der Waals surface area contributed by atoms with Crippen LogP contribution in [0.15, 0.2) is 36.4 Å². The second-order valence-electron chi connectivity index (χ2n) is 5.06. The largest absolute Gasteiger partial charge is 0.398 e. The molecule has 2 aromatic carbocycles. The molecule has 2 aromatic rings. The lowest BCUT2D eigenvalue weighted by molar-refractivity contribution is 0.0719. The Hall–Kier alpha value is -2.43. The third-order valence-electron chi connectivity index (χ3n) is 3.75. The fourth-order valence-electron chi connectivity index (χ4n) is 2.61. The number of carbonyl (C=O) groups is 1. The van der Waals surface area contributed by atoms with Crippen molar-refractivity contribution in [1.82, 2.24) is 4.90 Å². The minimum Gasteiger partial charge on any atom is -0.398 e. The normalized spacial score (nSPS) is 14.2. The van der Waals surface area contributed by atoms with Crippen LogP contribution < -0.4 is 5.73 Å². The lowest BCUT2D eigenvalue weighted by Gasteiger charge is -2.29. The second kappa shape index (κ2) is 5.16. The van der Waals surface area contributed by atoms with Gasteiger partial charge in [-0.25, -0.2) is 8.78 Å². The third-order valence-corrected chi connectivity index (χ3v) is 3.75. The molecule has 0 saturated carbocycles. The Morgan fingerprint density at radius 3 is 2.57 bits per heavy atom. The summed E-state index contributed by atoms with van der Waals surface area (Å²) in [6.07, 6.45) is 0.303. The van der Waals surface area contributed by atoms with Gasteiger partial charge in [0.2, 0.25) is 0 Å². The Kier molecular flexibility index (Phi) is 3.33. The molecule has 1 heterocycles. The summed E-state index contributed by atoms with van der Waals surface area (Å²) in [4.78, 5) is 13.9. The first kappa shape index (κ1) is 13.5. The van der Waals surface area contributed by atoms with E-state index in [1.165, 1.54) is 4.90 Å². The Morgan fingerprint density at radius 1 is 1.10 bits per heavy atom. The molecular formula is C16H14F2N2O. The Bertz CT molecular complexity index is 715. The number of hydrogen-bond donors (Lipinski definition) is 1. The van der Waals surface area contributed by atoms with E-state index in [1.54, 1.807) is 12.1 Å². The van der Waals surface area contributed by atoms with Crippen LogP contribution in [0.1, 0.15) is 21.5 Å². The van der Waals surface area contributed by atoms with Crippen molar-refractivity contribution in [2.75, 3.05) is 12.3 Å². The molecule has 0 aromatic heterocycles. The topological polar surface area (TPSA) is 46.3 Å². The van der Waals surface area contributed by atoms with Crippen molar-refractivity contribution in [1.29, 1.82) is 0 Å². The monoisotopic (exact) mass is 288 g/mol. The summed E-state index contributed by atoms with van der Waals surface area (Å²) in [7, 11) is 0. The minimum atomic E-state index is -0.679. The van der Waals surface area contributed by atoms with E-state index in [1.807, 2.05) is 12.1 Å². The molecule has 1 aliphatic rings. The van der Waals surface area contributed by atoms with Crippen LogP contribution in [-0.4, -0.2) is 17.4 Å². The van der Waals surface area contributed by atoms with Crippen LogP contribution in [0.4, 0.5) is 14.5 Å². The molecule has 0 unspecified atom stereocenters. The number of anilines is 1. The first-order valence-corrected chi connectivity index (χ1v) is 6.67. The van der Waals surface area contributed by atoms with Gasteiger partial charge >= 0.3 is 0 Å². The highest BCUT2D eigenvalue weighted by atomic mass is 19.1. The van der Waals surface area contributed by atoms with Crippen molar-refractivity contribution in [3.8, 4) is 0 Å². The van der Waals surface area contributed by atoms with Crippen LogP contribution in [0.5, 0.6) is 0 Å². The maximum absolute atomic E-state index is 13.9. The summed E-state index contributed by atoms with van der Waals surface area (Å²) in [6, 6.07) is 9.26. The van der Waals surface area contributed by atoms with Gasteiger partial charge < -0.3 is 10.6 Å². The number of fused-ring (bicyclic) bond motifs is 1. The molecule has 108 valence electrons. The number of hydrogen-bond acceptors (Lipinski definition) is 2. The second-order valence-corrected chi connectivity index (χ2v) is 5.06. The van der Waals surface area contributed by atoms with Crippen molar-refractivity contribution in [3.05, 3.63) is 64.7 Å². The minimum absolute atomic E-state index is 0.157. The molecule has 0 bridgehead atoms. The predicted octanol–water partition coefficient (Wildman–Crippen LogP) is 2.75. The molecule has 0 spiro atoms. The molecular weight excluding hydrogens is 274 g/mol. The quantitative estimate of drug-likeness (QED) is 0.864. The van der Waals surface area contributed by atoms with Gasteiger partial charge in [-0.15, -0.1) is 0 Å². The smallest absolute Gasteiger partial charge is 0.257 e. The van der Waals surface area contributed by atoms with Gasteiger partial charge in [0.25, 0.3) is 5.91 Å². The van der Waals surface area contributed by atoms with Crippen LogP contribution in [0.2, 0.25) is 0 Å². The zero-order chi connectivity index (χ0) is 15.0. The van der Waals surface area contributed by atoms with Gasteiger partial charge in [0.1, 0.15) is 11.6 Å². The van der Waals surface area contributed by atoms with E-state index < -0.39 is 17.5 Å². The number of benzene rings is 2. The Morgan fingerprint density at radius 2 is 1.81 bits per heavy atom. The highest BCUT2D eigenvalue weighted by Gasteiger charge is 2.29. The lowest BCUT2D eigenvalue weighted by atomic mass is 9.97. The Labute approximate surface area is 121 Å². The molecule has 1 aliphatic heterocycles. The fraction of sp³-hybridized carbons (Fsp3) is 0.188. The summed E-state index contributed by atoms with van der Waals surface area (Å²) in [5, 5.41) is 0. The number of para-hydroxylation sites is 1. The molecule has 0 fully saturated rings. The van der Waals surface area contributed by atoms with Crippen molar-refractivity contribution in [3.63, 3.8) is 0 Å². The van der Waals surface area contributed by atoms with Crippen LogP contribution >= 0.6 is 0 Å². The van der Waals surface area contributed by atoms with Gasteiger partial charge in [0, 0.05) is 24.3 Å². The number of rotatable bonds is 2. The molecule has 0 saturated heterocycles. The van der Waals surface area contributed by atoms with Gasteiger partial charge in [-0.1, -0.05) is 18.2 Å². The average Bonchev–Trinajstić information content (AvgIpc) is 2.47. The van der Waals surface area contributed by atoms with Gasteiger partial charge in [0.05, 0.1) is 5.56 Å². The van der Waals surface area contributed by atoms with Crippen LogP contribution in [0, 0.1) is 11.6 Å². The number of halogens is 2. The summed E-state index contributed by atoms with van der Waals surface area (Å²) in [5.41, 5.74) is 7.24. The van der Waals surface area contributed by atoms with Gasteiger partial charge in [-0.2, -0.15) is 0 Å². The van der Waals surface area contributed by atoms with Crippen molar-refractivity contribution in [2.45, 2.75) is 13.0 Å². The predicted molar refractivity (Wildman–Crippen MR) is 75.7 cm³/mol. The fourth-order valence-corrected chi connectivity index (χ4v) is 2.61. The third kappa shape index (κ3) is 2.35. The van der Waals surface area contributed by atoms with Crippen molar-refractivity contribution < 1.29 is 13.6 Å². The molecule has 0 radical (unpaired) electrons. The molecule has 2 N–H and O–H groups in total. The van der Waals surface area contributed by atoms with Crippen LogP contribution in [0.3, 0.4) is 0 Å². The maximum Gasteiger partial charge on any atom is 0.257 e. The number of nitrogens with two attached hydrogens (primary N) is 1. The van der Waals surface area contributed by atoms with E-state index in [2.05, 4.69) is 0 Å². The lowest BCUT2D eigenvalue weighted by Crippen LogP contribution is -2.38. The highest BCUT2D eigenvalue weighted by molar-refractivity contribution is 5.97. The highest BCUT2D eigenvalue weighted by Crippen LogP contribution is 2.26. The molecule has 0 atom stereocenters. The van der Waals surface area contributed by atoms with Gasteiger partial charge in [0.15, 0.2) is 0 Å². The number of carbonyl (C=O) groups excluding carboxylic acids is 1. The summed E-state index contributed by atoms with van der Waals surface area (Å²) in [6.45, 7) is 0.640. The summed E-state index contributed by atoms with van der Waals surface area (Å²) in [5.74, 6) is -1.70. The van der Waals surface area contributed by atoms with Crippen LogP contribution in [-0.2, 0) is 13.0 Å². The average molecular weight is 288 g/mol. The van der Waals surface area contributed by atoms with E-state index in [0.29, 0.717) is 25.2 Å². The standard InChI is InChI=1S/C16H14F2N2O/c17-12-5-6-13(18)15-11(12)7-8-20(16(15)21)9-10-3-1-2-4-14(10)19/h1-6H,7-9,19H2. The maximum atomic E-state index is 13.9. The van der Waals surface area contributed by atoms with Crippen molar-refractivity contribution >= 4 is 11.6 Å². The molecule has 0 aliphatic carbocycles. The molecule has 5 heteroatoms. The summed E-state index contributed by atoms with van der Waals surface area (Å²) < 4.78 is 27.5.